The molecule has 0 aliphatic carbocycles. The van der Waals surface area contributed by atoms with Gasteiger partial charge in [0.15, 0.2) is 8.32 Å². The summed E-state index contributed by atoms with van der Waals surface area (Å²) in [5.74, 6) is -0.130. The van der Waals surface area contributed by atoms with Crippen molar-refractivity contribution < 1.29 is 18.8 Å². The molecule has 0 rings (SSSR count). The van der Waals surface area contributed by atoms with E-state index >= 15 is 0 Å². The summed E-state index contributed by atoms with van der Waals surface area (Å²) >= 11 is 0. The second-order valence-electron chi connectivity index (χ2n) is 7.78. The zero-order valence-corrected chi connectivity index (χ0v) is 17.4. The Morgan fingerprint density at radius 3 is 2.29 bits per heavy atom. The SMILES string of the molecule is COC(=O)CCCCCC/C=C/[C@@H](CC=O)O[Si](C)(C)C(C)(C)C. The Hall–Kier alpha value is -0.943. The lowest BCUT2D eigenvalue weighted by Crippen LogP contribution is -2.43. The van der Waals surface area contributed by atoms with Crippen LogP contribution in [-0.2, 0) is 18.8 Å². The van der Waals surface area contributed by atoms with Gasteiger partial charge in [-0.3, -0.25) is 4.79 Å². The van der Waals surface area contributed by atoms with Gasteiger partial charge in [-0.05, 0) is 37.4 Å². The van der Waals surface area contributed by atoms with Crippen LogP contribution in [0.1, 0.15) is 65.7 Å². The molecule has 0 fully saturated rings. The first-order valence-corrected chi connectivity index (χ1v) is 11.9. The number of rotatable bonds is 12. The fourth-order valence-corrected chi connectivity index (χ4v) is 3.34. The molecule has 0 aliphatic rings. The summed E-state index contributed by atoms with van der Waals surface area (Å²) in [4.78, 5) is 21.9. The number of methoxy groups -OCH3 is 1. The van der Waals surface area contributed by atoms with E-state index in [1.54, 1.807) is 0 Å². The van der Waals surface area contributed by atoms with Crippen LogP contribution < -0.4 is 0 Å². The number of aldehydes is 1. The maximum Gasteiger partial charge on any atom is 0.305 e. The third kappa shape index (κ3) is 10.0. The van der Waals surface area contributed by atoms with Crippen molar-refractivity contribution in [2.45, 2.75) is 90.0 Å². The number of esters is 1. The summed E-state index contributed by atoms with van der Waals surface area (Å²) < 4.78 is 10.9. The highest BCUT2D eigenvalue weighted by Gasteiger charge is 2.38. The minimum absolute atomic E-state index is 0.109. The van der Waals surface area contributed by atoms with Crippen molar-refractivity contribution in [3.8, 4) is 0 Å². The molecule has 0 radical (unpaired) electrons. The first-order valence-electron chi connectivity index (χ1n) is 8.99. The van der Waals surface area contributed by atoms with Gasteiger partial charge in [-0.15, -0.1) is 0 Å². The van der Waals surface area contributed by atoms with Crippen LogP contribution in [0.5, 0.6) is 0 Å². The Morgan fingerprint density at radius 1 is 1.12 bits per heavy atom. The maximum absolute atomic E-state index is 11.0. The molecule has 0 aromatic heterocycles. The van der Waals surface area contributed by atoms with Crippen molar-refractivity contribution in [1.29, 1.82) is 0 Å². The predicted octanol–water partition coefficient (Wildman–Crippen LogP) is 5.04. The second kappa shape index (κ2) is 11.6. The van der Waals surface area contributed by atoms with E-state index in [1.807, 2.05) is 6.08 Å². The first-order chi connectivity index (χ1) is 11.1. The average molecular weight is 357 g/mol. The van der Waals surface area contributed by atoms with E-state index in [2.05, 4.69) is 44.7 Å². The summed E-state index contributed by atoms with van der Waals surface area (Å²) in [5, 5.41) is 0.140. The standard InChI is InChI=1S/C19H36O4Si/c1-19(2,3)24(5,6)23-17(15-16-20)13-11-9-7-8-10-12-14-18(21)22-4/h11,13,16-17H,7-10,12,14-15H2,1-6H3/b13-11+/t17-/m0/s1. The third-order valence-electron chi connectivity index (χ3n) is 4.66. The number of hydrogen-bond acceptors (Lipinski definition) is 4. The van der Waals surface area contributed by atoms with Crippen LogP contribution in [0.3, 0.4) is 0 Å². The number of unbranched alkanes of at least 4 members (excludes halogenated alkanes) is 4. The Balaban J connectivity index is 4.13. The molecule has 0 spiro atoms. The van der Waals surface area contributed by atoms with Gasteiger partial charge in [-0.1, -0.05) is 45.8 Å². The minimum atomic E-state index is -1.86. The molecule has 0 amide bonds. The Kier molecular flexibility index (Phi) is 11.1. The fourth-order valence-electron chi connectivity index (χ4n) is 2.05. The van der Waals surface area contributed by atoms with Crippen LogP contribution in [0.25, 0.3) is 0 Å². The molecular weight excluding hydrogens is 320 g/mol. The smallest absolute Gasteiger partial charge is 0.305 e. The third-order valence-corrected chi connectivity index (χ3v) is 9.17. The highest BCUT2D eigenvalue weighted by molar-refractivity contribution is 6.74. The molecule has 0 heterocycles. The summed E-state index contributed by atoms with van der Waals surface area (Å²) in [6.07, 6.45) is 11.0. The lowest BCUT2D eigenvalue weighted by Gasteiger charge is -2.38. The fraction of sp³-hybridized carbons (Fsp3) is 0.789. The van der Waals surface area contributed by atoms with Crippen LogP contribution in [0.4, 0.5) is 0 Å². The zero-order valence-electron chi connectivity index (χ0n) is 16.4. The number of carbonyl (C=O) groups excluding carboxylic acids is 2. The van der Waals surface area contributed by atoms with E-state index in [4.69, 9.17) is 4.43 Å². The van der Waals surface area contributed by atoms with Crippen LogP contribution >= 0.6 is 0 Å². The highest BCUT2D eigenvalue weighted by atomic mass is 28.4. The molecule has 0 bridgehead atoms. The summed E-state index contributed by atoms with van der Waals surface area (Å²) in [7, 11) is -0.434. The predicted molar refractivity (Wildman–Crippen MR) is 102 cm³/mol. The van der Waals surface area contributed by atoms with Gasteiger partial charge in [0.25, 0.3) is 0 Å². The van der Waals surface area contributed by atoms with E-state index < -0.39 is 8.32 Å². The summed E-state index contributed by atoms with van der Waals surface area (Å²) in [6, 6.07) is 0. The Morgan fingerprint density at radius 2 is 1.75 bits per heavy atom. The molecule has 140 valence electrons. The lowest BCUT2D eigenvalue weighted by atomic mass is 10.1. The summed E-state index contributed by atoms with van der Waals surface area (Å²) in [5.41, 5.74) is 0. The van der Waals surface area contributed by atoms with Crippen molar-refractivity contribution >= 4 is 20.6 Å². The molecule has 1 atom stereocenters. The van der Waals surface area contributed by atoms with Crippen molar-refractivity contribution in [2.75, 3.05) is 7.11 Å². The van der Waals surface area contributed by atoms with Crippen LogP contribution in [0.2, 0.25) is 18.1 Å². The van der Waals surface area contributed by atoms with Gasteiger partial charge in [0, 0.05) is 12.8 Å². The number of ether oxygens (including phenoxy) is 1. The molecule has 0 N–H and O–H groups in total. The van der Waals surface area contributed by atoms with Crippen LogP contribution in [0, 0.1) is 0 Å². The Labute approximate surface area is 149 Å². The Bertz CT molecular complexity index is 397. The van der Waals surface area contributed by atoms with E-state index in [1.165, 1.54) is 7.11 Å². The van der Waals surface area contributed by atoms with Crippen LogP contribution in [-0.4, -0.2) is 33.8 Å². The quantitative estimate of drug-likeness (QED) is 0.162. The van der Waals surface area contributed by atoms with Gasteiger partial charge in [0.2, 0.25) is 0 Å². The molecule has 4 nitrogen and oxygen atoms in total. The van der Waals surface area contributed by atoms with Crippen LogP contribution in [0.15, 0.2) is 12.2 Å². The maximum atomic E-state index is 11.0. The van der Waals surface area contributed by atoms with Gasteiger partial charge < -0.3 is 14.0 Å². The van der Waals surface area contributed by atoms with E-state index in [0.717, 1.165) is 38.4 Å². The molecular formula is C19H36O4Si. The summed E-state index contributed by atoms with van der Waals surface area (Å²) in [6.45, 7) is 11.0. The number of carbonyl (C=O) groups is 2. The number of hydrogen-bond donors (Lipinski definition) is 0. The van der Waals surface area contributed by atoms with Gasteiger partial charge in [0.1, 0.15) is 6.29 Å². The minimum Gasteiger partial charge on any atom is -0.469 e. The zero-order chi connectivity index (χ0) is 18.6. The molecule has 0 unspecified atom stereocenters. The van der Waals surface area contributed by atoms with Crippen molar-refractivity contribution in [2.24, 2.45) is 0 Å². The molecule has 0 saturated heterocycles. The van der Waals surface area contributed by atoms with Gasteiger partial charge in [0.05, 0.1) is 13.2 Å². The molecule has 0 saturated carbocycles. The molecule has 0 aromatic rings. The molecule has 0 aromatic carbocycles. The second-order valence-corrected chi connectivity index (χ2v) is 12.5. The monoisotopic (exact) mass is 356 g/mol. The van der Waals surface area contributed by atoms with E-state index in [-0.39, 0.29) is 17.1 Å². The first kappa shape index (κ1) is 23.1. The topological polar surface area (TPSA) is 52.6 Å². The van der Waals surface area contributed by atoms with Gasteiger partial charge in [-0.2, -0.15) is 0 Å². The van der Waals surface area contributed by atoms with Crippen molar-refractivity contribution in [3.05, 3.63) is 12.2 Å². The van der Waals surface area contributed by atoms with E-state index in [9.17, 15) is 9.59 Å². The molecule has 24 heavy (non-hydrogen) atoms. The molecule has 5 heteroatoms. The van der Waals surface area contributed by atoms with Gasteiger partial charge in [-0.25, -0.2) is 0 Å². The molecule has 0 aliphatic heterocycles. The number of allylic oxidation sites excluding steroid dienone is 1. The lowest BCUT2D eigenvalue weighted by molar-refractivity contribution is -0.140. The average Bonchev–Trinajstić information content (AvgIpc) is 2.48. The highest BCUT2D eigenvalue weighted by Crippen LogP contribution is 2.37. The van der Waals surface area contributed by atoms with Crippen molar-refractivity contribution in [3.63, 3.8) is 0 Å². The van der Waals surface area contributed by atoms with Crippen molar-refractivity contribution in [1.82, 2.24) is 0 Å². The van der Waals surface area contributed by atoms with E-state index in [0.29, 0.717) is 12.8 Å². The largest absolute Gasteiger partial charge is 0.469 e. The van der Waals surface area contributed by atoms with Gasteiger partial charge >= 0.3 is 5.97 Å². The normalized spacial score (nSPS) is 13.9.